The number of carbonyl (C=O) groups is 1. The molecule has 1 saturated heterocycles. The lowest BCUT2D eigenvalue weighted by atomic mass is 10.1. The van der Waals surface area contributed by atoms with E-state index in [1.165, 1.54) is 11.3 Å². The molecule has 156 valence electrons. The lowest BCUT2D eigenvalue weighted by Gasteiger charge is -2.33. The number of pyridine rings is 3. The van der Waals surface area contributed by atoms with Crippen LogP contribution in [-0.4, -0.2) is 69.1 Å². The normalized spacial score (nSPS) is 14.8. The molecule has 0 saturated carbocycles. The molecule has 0 radical (unpaired) electrons. The lowest BCUT2D eigenvalue weighted by Crippen LogP contribution is -2.44. The van der Waals surface area contributed by atoms with Gasteiger partial charge in [-0.3, -0.25) is 14.8 Å². The molecule has 31 heavy (non-hydrogen) atoms. The van der Waals surface area contributed by atoms with Crippen LogP contribution in [0.1, 0.15) is 16.1 Å². The summed E-state index contributed by atoms with van der Waals surface area (Å²) in [5.74, 6) is 0.890. The van der Waals surface area contributed by atoms with Gasteiger partial charge >= 0.3 is 0 Å². The first-order valence-electron chi connectivity index (χ1n) is 10.1. The summed E-state index contributed by atoms with van der Waals surface area (Å²) in [6.07, 6.45) is 5.49. The van der Waals surface area contributed by atoms with Gasteiger partial charge in [-0.25, -0.2) is 4.98 Å². The first kappa shape index (κ1) is 19.7. The number of ketones is 1. The first-order chi connectivity index (χ1) is 15.2. The summed E-state index contributed by atoms with van der Waals surface area (Å²) < 4.78 is 0. The molecule has 0 atom stereocenters. The first-order valence-corrected chi connectivity index (χ1v) is 11.0. The highest BCUT2D eigenvalue weighted by Crippen LogP contribution is 2.23. The molecule has 0 aliphatic carbocycles. The molecule has 1 aliphatic rings. The third kappa shape index (κ3) is 4.28. The smallest absolute Gasteiger partial charge is 0.169 e. The van der Waals surface area contributed by atoms with E-state index in [4.69, 9.17) is 0 Å². The maximum atomic E-state index is 13.0. The van der Waals surface area contributed by atoms with Crippen LogP contribution in [0.15, 0.2) is 48.4 Å². The molecule has 5 heterocycles. The Kier molecular flexibility index (Phi) is 5.35. The molecule has 8 nitrogen and oxygen atoms in total. The number of hydrogen-bond donors (Lipinski definition) is 0. The van der Waals surface area contributed by atoms with E-state index in [9.17, 15) is 4.79 Å². The van der Waals surface area contributed by atoms with Gasteiger partial charge in [0.25, 0.3) is 0 Å². The van der Waals surface area contributed by atoms with Crippen molar-refractivity contribution >= 4 is 33.7 Å². The Labute approximate surface area is 183 Å². The number of Topliss-reactive ketones (excluding diaryl/α,β-unsaturated/α-hetero) is 1. The van der Waals surface area contributed by atoms with Crippen LogP contribution in [0.2, 0.25) is 0 Å². The summed E-state index contributed by atoms with van der Waals surface area (Å²) in [5, 5.41) is 10.6. The number of rotatable bonds is 5. The maximum Gasteiger partial charge on any atom is 0.169 e. The molecular weight excluding hydrogens is 410 g/mol. The van der Waals surface area contributed by atoms with Crippen molar-refractivity contribution in [3.05, 3.63) is 59.6 Å². The van der Waals surface area contributed by atoms with Crippen molar-refractivity contribution < 1.29 is 4.79 Å². The zero-order valence-electron chi connectivity index (χ0n) is 17.1. The van der Waals surface area contributed by atoms with E-state index in [0.29, 0.717) is 5.56 Å². The second-order valence-electron chi connectivity index (χ2n) is 7.63. The number of hydrogen-bond acceptors (Lipinski definition) is 9. The summed E-state index contributed by atoms with van der Waals surface area (Å²) in [6.45, 7) is 3.82. The largest absolute Gasteiger partial charge is 0.354 e. The molecule has 0 unspecified atom stereocenters. The quantitative estimate of drug-likeness (QED) is 0.446. The van der Waals surface area contributed by atoms with Crippen LogP contribution < -0.4 is 4.90 Å². The molecule has 1 aliphatic heterocycles. The van der Waals surface area contributed by atoms with E-state index in [0.717, 1.165) is 59.2 Å². The maximum absolute atomic E-state index is 13.0. The molecule has 0 N–H and O–H groups in total. The Hall–Kier alpha value is -3.30. The summed E-state index contributed by atoms with van der Waals surface area (Å²) >= 11 is 1.44. The topological polar surface area (TPSA) is 88.0 Å². The third-order valence-electron chi connectivity index (χ3n) is 5.48. The zero-order valence-corrected chi connectivity index (χ0v) is 17.9. The molecular formula is C22H21N7OS. The van der Waals surface area contributed by atoms with Crippen LogP contribution in [0.25, 0.3) is 21.5 Å². The van der Waals surface area contributed by atoms with Crippen LogP contribution in [0.3, 0.4) is 0 Å². The van der Waals surface area contributed by atoms with Gasteiger partial charge in [-0.15, -0.1) is 10.2 Å². The highest BCUT2D eigenvalue weighted by molar-refractivity contribution is 7.12. The number of anilines is 1. The van der Waals surface area contributed by atoms with Crippen molar-refractivity contribution in [2.75, 3.05) is 38.1 Å². The fraction of sp³-hybridized carbons (Fsp3) is 0.273. The van der Waals surface area contributed by atoms with E-state index in [1.807, 2.05) is 18.2 Å². The minimum Gasteiger partial charge on any atom is -0.354 e. The average molecular weight is 432 g/mol. The SMILES string of the molecule is CN1CCN(c2cc(C(=O)Cc3cc4cc(-c5nncs5)ncc4cn3)ccn2)CC1. The van der Waals surface area contributed by atoms with Gasteiger partial charge in [0.05, 0.1) is 6.42 Å². The van der Waals surface area contributed by atoms with Gasteiger partial charge in [0.1, 0.15) is 17.0 Å². The Balaban J connectivity index is 1.35. The average Bonchev–Trinajstić information content (AvgIpc) is 3.34. The summed E-state index contributed by atoms with van der Waals surface area (Å²) in [7, 11) is 2.12. The highest BCUT2D eigenvalue weighted by Gasteiger charge is 2.17. The van der Waals surface area contributed by atoms with Crippen molar-refractivity contribution in [1.82, 2.24) is 30.0 Å². The minimum atomic E-state index is 0.0306. The number of likely N-dealkylation sites (N-methyl/N-ethyl adjacent to an activating group) is 1. The van der Waals surface area contributed by atoms with Crippen LogP contribution >= 0.6 is 11.3 Å². The molecule has 1 fully saturated rings. The Morgan fingerprint density at radius 2 is 1.87 bits per heavy atom. The van der Waals surface area contributed by atoms with Gasteiger partial charge in [-0.2, -0.15) is 0 Å². The van der Waals surface area contributed by atoms with Gasteiger partial charge in [0.2, 0.25) is 0 Å². The summed E-state index contributed by atoms with van der Waals surface area (Å²) in [5.41, 5.74) is 3.84. The van der Waals surface area contributed by atoms with Crippen molar-refractivity contribution in [1.29, 1.82) is 0 Å². The molecule has 4 aromatic rings. The number of carbonyl (C=O) groups excluding carboxylic acids is 1. The fourth-order valence-corrected chi connectivity index (χ4v) is 4.17. The van der Waals surface area contributed by atoms with E-state index in [2.05, 4.69) is 42.0 Å². The highest BCUT2D eigenvalue weighted by atomic mass is 32.1. The van der Waals surface area contributed by atoms with Gasteiger partial charge in [0.15, 0.2) is 10.8 Å². The predicted octanol–water partition coefficient (Wildman–Crippen LogP) is 2.72. The number of fused-ring (bicyclic) bond motifs is 1. The van der Waals surface area contributed by atoms with Crippen molar-refractivity contribution in [2.45, 2.75) is 6.42 Å². The minimum absolute atomic E-state index is 0.0306. The summed E-state index contributed by atoms with van der Waals surface area (Å²) in [6, 6.07) is 7.58. The van der Waals surface area contributed by atoms with Gasteiger partial charge in [-0.1, -0.05) is 11.3 Å². The second-order valence-corrected chi connectivity index (χ2v) is 8.46. The summed E-state index contributed by atoms with van der Waals surface area (Å²) in [4.78, 5) is 30.9. The van der Waals surface area contributed by atoms with Crippen LogP contribution in [0.4, 0.5) is 5.82 Å². The third-order valence-corrected chi connectivity index (χ3v) is 6.19. The molecule has 4 aromatic heterocycles. The van der Waals surface area contributed by atoms with Crippen molar-refractivity contribution in [3.63, 3.8) is 0 Å². The Morgan fingerprint density at radius 1 is 1.03 bits per heavy atom. The van der Waals surface area contributed by atoms with Crippen molar-refractivity contribution in [2.24, 2.45) is 0 Å². The zero-order chi connectivity index (χ0) is 21.2. The molecule has 0 bridgehead atoms. The number of nitrogens with zero attached hydrogens (tertiary/aromatic N) is 7. The predicted molar refractivity (Wildman–Crippen MR) is 120 cm³/mol. The molecule has 0 amide bonds. The van der Waals surface area contributed by atoms with Crippen LogP contribution in [0, 0.1) is 0 Å². The van der Waals surface area contributed by atoms with Gasteiger partial charge in [0, 0.05) is 61.4 Å². The Morgan fingerprint density at radius 3 is 2.68 bits per heavy atom. The molecule has 0 aromatic carbocycles. The molecule has 5 rings (SSSR count). The Bertz CT molecular complexity index is 1220. The van der Waals surface area contributed by atoms with Crippen LogP contribution in [0.5, 0.6) is 0 Å². The number of aromatic nitrogens is 5. The lowest BCUT2D eigenvalue weighted by molar-refractivity contribution is 0.0992. The van der Waals surface area contributed by atoms with Gasteiger partial charge < -0.3 is 9.80 Å². The number of piperazine rings is 1. The van der Waals surface area contributed by atoms with E-state index >= 15 is 0 Å². The molecule has 9 heteroatoms. The monoisotopic (exact) mass is 431 g/mol. The van der Waals surface area contributed by atoms with Crippen molar-refractivity contribution in [3.8, 4) is 10.7 Å². The van der Waals surface area contributed by atoms with E-state index in [1.54, 1.807) is 30.2 Å². The molecule has 0 spiro atoms. The van der Waals surface area contributed by atoms with Gasteiger partial charge in [-0.05, 0) is 36.7 Å². The van der Waals surface area contributed by atoms with E-state index in [-0.39, 0.29) is 12.2 Å². The second kappa shape index (κ2) is 8.44. The standard InChI is InChI=1S/C22H21N7OS/c1-28-4-6-29(7-5-28)21-10-15(2-3-23-21)20(30)11-18-8-16-9-19(22-27-26-14-31-22)25-13-17(16)12-24-18/h2-3,8-10,12-14H,4-7,11H2,1H3. The fourth-order valence-electron chi connectivity index (χ4n) is 3.65. The van der Waals surface area contributed by atoms with E-state index < -0.39 is 0 Å². The van der Waals surface area contributed by atoms with Crippen LogP contribution in [-0.2, 0) is 6.42 Å².